The van der Waals surface area contributed by atoms with E-state index >= 15 is 0 Å². The van der Waals surface area contributed by atoms with Crippen molar-refractivity contribution in [3.05, 3.63) is 95.8 Å². The highest BCUT2D eigenvalue weighted by atomic mass is 32.2. The molecule has 0 saturated carbocycles. The summed E-state index contributed by atoms with van der Waals surface area (Å²) in [6, 6.07) is 20.0. The van der Waals surface area contributed by atoms with Gasteiger partial charge in [0, 0.05) is 5.56 Å². The molecule has 146 valence electrons. The smallest absolute Gasteiger partial charge is 0.261 e. The van der Waals surface area contributed by atoms with Crippen LogP contribution in [0.2, 0.25) is 0 Å². The Kier molecular flexibility index (Phi) is 6.27. The van der Waals surface area contributed by atoms with E-state index in [1.807, 2.05) is 30.3 Å². The van der Waals surface area contributed by atoms with Gasteiger partial charge in [-0.05, 0) is 48.5 Å². The van der Waals surface area contributed by atoms with Crippen LogP contribution < -0.4 is 10.0 Å². The molecule has 29 heavy (non-hydrogen) atoms. The van der Waals surface area contributed by atoms with Crippen LogP contribution in [-0.4, -0.2) is 20.9 Å². The van der Waals surface area contributed by atoms with Crippen molar-refractivity contribution in [1.82, 2.24) is 5.32 Å². The maximum absolute atomic E-state index is 13.0. The molecule has 7 heteroatoms. The second kappa shape index (κ2) is 9.04. The van der Waals surface area contributed by atoms with E-state index in [2.05, 4.69) is 21.9 Å². The summed E-state index contributed by atoms with van der Waals surface area (Å²) in [5.41, 5.74) is 1.10. The Hall–Kier alpha value is -3.63. The van der Waals surface area contributed by atoms with Crippen molar-refractivity contribution in [2.24, 2.45) is 0 Å². The summed E-state index contributed by atoms with van der Waals surface area (Å²) in [5, 5.41) is 2.65. The second-order valence-corrected chi connectivity index (χ2v) is 7.64. The molecule has 5 nitrogen and oxygen atoms in total. The number of sulfonamides is 1. The number of rotatable bonds is 5. The molecule has 3 aromatic carbocycles. The van der Waals surface area contributed by atoms with E-state index in [9.17, 15) is 17.6 Å². The number of hydrogen-bond acceptors (Lipinski definition) is 3. The lowest BCUT2D eigenvalue weighted by Gasteiger charge is -2.12. The summed E-state index contributed by atoms with van der Waals surface area (Å²) in [5.74, 6) is 4.76. The van der Waals surface area contributed by atoms with E-state index in [1.165, 1.54) is 12.1 Å². The number of anilines is 1. The van der Waals surface area contributed by atoms with Gasteiger partial charge < -0.3 is 5.32 Å². The van der Waals surface area contributed by atoms with Crippen molar-refractivity contribution in [2.45, 2.75) is 4.90 Å². The van der Waals surface area contributed by atoms with Gasteiger partial charge in [-0.25, -0.2) is 12.8 Å². The highest BCUT2D eigenvalue weighted by Crippen LogP contribution is 2.20. The third kappa shape index (κ3) is 5.43. The molecule has 0 saturated heterocycles. The Balaban J connectivity index is 1.72. The zero-order chi connectivity index (χ0) is 20.7. The average Bonchev–Trinajstić information content (AvgIpc) is 2.72. The van der Waals surface area contributed by atoms with E-state index in [4.69, 9.17) is 0 Å². The molecule has 0 heterocycles. The quantitative estimate of drug-likeness (QED) is 0.636. The largest absolute Gasteiger partial charge is 0.341 e. The van der Waals surface area contributed by atoms with Gasteiger partial charge in [-0.3, -0.25) is 9.52 Å². The van der Waals surface area contributed by atoms with Gasteiger partial charge in [0.05, 0.1) is 22.7 Å². The molecule has 0 spiro atoms. The number of nitrogens with one attached hydrogen (secondary N) is 2. The lowest BCUT2D eigenvalue weighted by atomic mass is 10.1. The summed E-state index contributed by atoms with van der Waals surface area (Å²) >= 11 is 0. The van der Waals surface area contributed by atoms with E-state index in [0.29, 0.717) is 0 Å². The van der Waals surface area contributed by atoms with Crippen molar-refractivity contribution in [1.29, 1.82) is 0 Å². The highest BCUT2D eigenvalue weighted by Gasteiger charge is 2.18. The standard InChI is InChI=1S/C22H17FN2O3S/c23-18-12-14-19(15-13-18)29(27,28)25-21-11-5-4-10-20(21)22(26)24-16-6-9-17-7-2-1-3-8-17/h1-5,7-8,10-15,25H,16H2,(H,24,26). The van der Waals surface area contributed by atoms with Gasteiger partial charge in [-0.15, -0.1) is 0 Å². The molecule has 0 atom stereocenters. The number of carbonyl (C=O) groups excluding carboxylic acids is 1. The van der Waals surface area contributed by atoms with Crippen LogP contribution >= 0.6 is 0 Å². The van der Waals surface area contributed by atoms with Crippen LogP contribution in [0.1, 0.15) is 15.9 Å². The maximum atomic E-state index is 13.0. The predicted octanol–water partition coefficient (Wildman–Crippen LogP) is 3.41. The van der Waals surface area contributed by atoms with Gasteiger partial charge in [0.15, 0.2) is 0 Å². The molecule has 0 aliphatic rings. The van der Waals surface area contributed by atoms with E-state index < -0.39 is 21.7 Å². The molecule has 0 aromatic heterocycles. The number of carbonyl (C=O) groups is 1. The Morgan fingerprint density at radius 2 is 1.55 bits per heavy atom. The van der Waals surface area contributed by atoms with E-state index in [1.54, 1.807) is 12.1 Å². The first kappa shape index (κ1) is 20.1. The lowest BCUT2D eigenvalue weighted by Crippen LogP contribution is -2.25. The first-order valence-corrected chi connectivity index (χ1v) is 10.1. The van der Waals surface area contributed by atoms with Crippen LogP contribution in [0.25, 0.3) is 0 Å². The van der Waals surface area contributed by atoms with E-state index in [0.717, 1.165) is 29.8 Å². The minimum absolute atomic E-state index is 0.104. The minimum Gasteiger partial charge on any atom is -0.341 e. The average molecular weight is 408 g/mol. The minimum atomic E-state index is -3.97. The van der Waals surface area contributed by atoms with Crippen molar-refractivity contribution < 1.29 is 17.6 Å². The number of halogens is 1. The van der Waals surface area contributed by atoms with Gasteiger partial charge in [0.1, 0.15) is 5.82 Å². The fourth-order valence-electron chi connectivity index (χ4n) is 2.47. The molecule has 3 aromatic rings. The molecule has 1 amide bonds. The van der Waals surface area contributed by atoms with Crippen molar-refractivity contribution in [2.75, 3.05) is 11.3 Å². The monoisotopic (exact) mass is 408 g/mol. The van der Waals surface area contributed by atoms with Crippen LogP contribution in [0.15, 0.2) is 83.8 Å². The SMILES string of the molecule is O=C(NCC#Cc1ccccc1)c1ccccc1NS(=O)(=O)c1ccc(F)cc1. The van der Waals surface area contributed by atoms with Gasteiger partial charge in [-0.2, -0.15) is 0 Å². The number of para-hydroxylation sites is 1. The van der Waals surface area contributed by atoms with Gasteiger partial charge in [0.25, 0.3) is 15.9 Å². The van der Waals surface area contributed by atoms with Crippen molar-refractivity contribution in [3.63, 3.8) is 0 Å². The van der Waals surface area contributed by atoms with Gasteiger partial charge in [-0.1, -0.05) is 42.2 Å². The molecule has 3 rings (SSSR count). The Morgan fingerprint density at radius 1 is 0.897 bits per heavy atom. The fraction of sp³-hybridized carbons (Fsp3) is 0.0455. The lowest BCUT2D eigenvalue weighted by molar-refractivity contribution is 0.0959. The second-order valence-electron chi connectivity index (χ2n) is 5.96. The fourth-order valence-corrected chi connectivity index (χ4v) is 3.55. The Labute approximate surface area is 168 Å². The van der Waals surface area contributed by atoms with Gasteiger partial charge >= 0.3 is 0 Å². The van der Waals surface area contributed by atoms with Crippen molar-refractivity contribution in [3.8, 4) is 11.8 Å². The summed E-state index contributed by atoms with van der Waals surface area (Å²) in [7, 11) is -3.97. The predicted molar refractivity (Wildman–Crippen MR) is 109 cm³/mol. The molecular weight excluding hydrogens is 391 g/mol. The highest BCUT2D eigenvalue weighted by molar-refractivity contribution is 7.92. The number of amides is 1. The number of benzene rings is 3. The zero-order valence-corrected chi connectivity index (χ0v) is 16.0. The first-order valence-electron chi connectivity index (χ1n) is 8.65. The topological polar surface area (TPSA) is 75.3 Å². The molecule has 0 unspecified atom stereocenters. The summed E-state index contributed by atoms with van der Waals surface area (Å²) in [4.78, 5) is 12.4. The van der Waals surface area contributed by atoms with Crippen LogP contribution in [0, 0.1) is 17.7 Å². The summed E-state index contributed by atoms with van der Waals surface area (Å²) in [6.45, 7) is 0.104. The van der Waals surface area contributed by atoms with Crippen molar-refractivity contribution >= 4 is 21.6 Å². The Bertz CT molecular complexity index is 1170. The van der Waals surface area contributed by atoms with Gasteiger partial charge in [0.2, 0.25) is 0 Å². The molecule has 0 aliphatic carbocycles. The molecule has 0 radical (unpaired) electrons. The normalized spacial score (nSPS) is 10.5. The maximum Gasteiger partial charge on any atom is 0.261 e. The summed E-state index contributed by atoms with van der Waals surface area (Å²) < 4.78 is 40.5. The molecule has 0 aliphatic heterocycles. The van der Waals surface area contributed by atoms with E-state index in [-0.39, 0.29) is 22.7 Å². The third-order valence-electron chi connectivity index (χ3n) is 3.88. The first-order chi connectivity index (χ1) is 14.0. The summed E-state index contributed by atoms with van der Waals surface area (Å²) in [6.07, 6.45) is 0. The third-order valence-corrected chi connectivity index (χ3v) is 5.27. The molecule has 0 fully saturated rings. The molecule has 0 bridgehead atoms. The number of hydrogen-bond donors (Lipinski definition) is 2. The van der Waals surface area contributed by atoms with Crippen LogP contribution in [-0.2, 0) is 10.0 Å². The molecule has 2 N–H and O–H groups in total. The van der Waals surface area contributed by atoms with Crippen LogP contribution in [0.4, 0.5) is 10.1 Å². The van der Waals surface area contributed by atoms with Crippen LogP contribution in [0.5, 0.6) is 0 Å². The molecular formula is C22H17FN2O3S. The van der Waals surface area contributed by atoms with Crippen LogP contribution in [0.3, 0.4) is 0 Å². The zero-order valence-electron chi connectivity index (χ0n) is 15.2. The Morgan fingerprint density at radius 3 is 2.28 bits per heavy atom.